The molecule has 0 aliphatic carbocycles. The van der Waals surface area contributed by atoms with Crippen LogP contribution in [0, 0.1) is 13.8 Å². The Morgan fingerprint density at radius 3 is 2.73 bits per heavy atom. The third-order valence-corrected chi connectivity index (χ3v) is 3.21. The van der Waals surface area contributed by atoms with E-state index in [4.69, 9.17) is 5.73 Å². The maximum atomic E-state index is 5.54. The Kier molecular flexibility index (Phi) is 3.07. The van der Waals surface area contributed by atoms with Crippen molar-refractivity contribution in [1.29, 1.82) is 0 Å². The minimum Gasteiger partial charge on any atom is -0.330 e. The molecule has 1 aliphatic heterocycles. The minimum atomic E-state index is 0.565. The van der Waals surface area contributed by atoms with Crippen LogP contribution in [0.1, 0.15) is 29.4 Å². The molecule has 0 saturated carbocycles. The van der Waals surface area contributed by atoms with Crippen LogP contribution in [-0.4, -0.2) is 29.4 Å². The average Bonchev–Trinajstić information content (AvgIpc) is 2.38. The van der Waals surface area contributed by atoms with Crippen molar-refractivity contribution in [3.63, 3.8) is 0 Å². The van der Waals surface area contributed by atoms with Gasteiger partial charge in [0, 0.05) is 18.8 Å². The molecule has 4 nitrogen and oxygen atoms in total. The van der Waals surface area contributed by atoms with E-state index in [0.717, 1.165) is 32.5 Å². The Balaban J connectivity index is 2.18. The quantitative estimate of drug-likeness (QED) is 0.759. The van der Waals surface area contributed by atoms with Crippen LogP contribution in [0.25, 0.3) is 0 Å². The van der Waals surface area contributed by atoms with E-state index in [2.05, 4.69) is 28.9 Å². The van der Waals surface area contributed by atoms with Crippen molar-refractivity contribution >= 4 is 0 Å². The maximum Gasteiger partial charge on any atom is 0.0770 e. The number of nitrogens with zero attached hydrogens (tertiary/aromatic N) is 2. The Morgan fingerprint density at radius 2 is 2.20 bits per heavy atom. The molecule has 15 heavy (non-hydrogen) atoms. The Morgan fingerprint density at radius 1 is 1.47 bits per heavy atom. The highest BCUT2D eigenvalue weighted by molar-refractivity contribution is 5.25. The third-order valence-electron chi connectivity index (χ3n) is 3.21. The topological polar surface area (TPSA) is 55.9 Å². The van der Waals surface area contributed by atoms with Crippen LogP contribution in [0.15, 0.2) is 0 Å². The summed E-state index contributed by atoms with van der Waals surface area (Å²) >= 11 is 0. The molecule has 4 heteroatoms. The van der Waals surface area contributed by atoms with Crippen molar-refractivity contribution < 1.29 is 0 Å². The fourth-order valence-electron chi connectivity index (χ4n) is 2.14. The van der Waals surface area contributed by atoms with Crippen LogP contribution in [0.4, 0.5) is 0 Å². The van der Waals surface area contributed by atoms with Crippen LogP contribution in [0.5, 0.6) is 0 Å². The minimum absolute atomic E-state index is 0.565. The summed E-state index contributed by atoms with van der Waals surface area (Å²) in [4.78, 5) is 0. The first-order chi connectivity index (χ1) is 7.24. The summed E-state index contributed by atoms with van der Waals surface area (Å²) in [6.07, 6.45) is 2.12. The van der Waals surface area contributed by atoms with E-state index >= 15 is 0 Å². The summed E-state index contributed by atoms with van der Waals surface area (Å²) in [6.45, 7) is 7.14. The molecule has 0 unspecified atom stereocenters. The van der Waals surface area contributed by atoms with Crippen molar-refractivity contribution in [3.8, 4) is 0 Å². The molecule has 2 heterocycles. The van der Waals surface area contributed by atoms with Gasteiger partial charge in [-0.1, -0.05) is 0 Å². The van der Waals surface area contributed by atoms with E-state index in [1.54, 1.807) is 0 Å². The summed E-state index contributed by atoms with van der Waals surface area (Å²) in [5.74, 6) is 0. The molecule has 0 radical (unpaired) electrons. The number of rotatable bonds is 4. The first-order valence-corrected chi connectivity index (χ1v) is 5.69. The van der Waals surface area contributed by atoms with Gasteiger partial charge in [-0.25, -0.2) is 0 Å². The zero-order valence-electron chi connectivity index (χ0n) is 9.58. The van der Waals surface area contributed by atoms with Gasteiger partial charge in [-0.15, -0.1) is 0 Å². The first-order valence-electron chi connectivity index (χ1n) is 5.69. The number of nitrogens with one attached hydrogen (secondary N) is 1. The van der Waals surface area contributed by atoms with Gasteiger partial charge in [0.1, 0.15) is 0 Å². The van der Waals surface area contributed by atoms with Crippen LogP contribution < -0.4 is 11.1 Å². The van der Waals surface area contributed by atoms with Gasteiger partial charge in [-0.05, 0) is 38.8 Å². The maximum absolute atomic E-state index is 5.54. The number of aromatic nitrogens is 2. The summed E-state index contributed by atoms with van der Waals surface area (Å²) in [5.41, 5.74) is 9.44. The predicted octanol–water partition coefficient (Wildman–Crippen LogP) is 0.536. The van der Waals surface area contributed by atoms with Crippen molar-refractivity contribution in [2.24, 2.45) is 5.73 Å². The van der Waals surface area contributed by atoms with Gasteiger partial charge in [-0.3, -0.25) is 4.68 Å². The zero-order chi connectivity index (χ0) is 10.8. The van der Waals surface area contributed by atoms with Crippen molar-refractivity contribution in [2.75, 3.05) is 19.6 Å². The first kappa shape index (κ1) is 10.6. The zero-order valence-corrected chi connectivity index (χ0v) is 9.58. The smallest absolute Gasteiger partial charge is 0.0770 e. The van der Waals surface area contributed by atoms with Gasteiger partial charge in [0.15, 0.2) is 0 Å². The number of nitrogens with two attached hydrogens (primary N) is 1. The fraction of sp³-hybridized carbons (Fsp3) is 0.727. The molecule has 0 atom stereocenters. The Hall–Kier alpha value is -0.870. The standard InChI is InChI=1S/C11H20N4/c1-8-11(4-3-5-12)9(2)15(14-8)10-6-13-7-10/h10,13H,3-7,12H2,1-2H3. The van der Waals surface area contributed by atoms with Crippen molar-refractivity contribution in [2.45, 2.75) is 32.7 Å². The van der Waals surface area contributed by atoms with Gasteiger partial charge in [-0.2, -0.15) is 5.10 Å². The molecule has 84 valence electrons. The SMILES string of the molecule is Cc1nn(C2CNC2)c(C)c1CCCN. The van der Waals surface area contributed by atoms with E-state index in [9.17, 15) is 0 Å². The summed E-state index contributed by atoms with van der Waals surface area (Å²) in [6, 6.07) is 0.565. The highest BCUT2D eigenvalue weighted by Crippen LogP contribution is 2.20. The molecule has 0 bridgehead atoms. The molecule has 0 amide bonds. The van der Waals surface area contributed by atoms with E-state index in [0.29, 0.717) is 6.04 Å². The van der Waals surface area contributed by atoms with Gasteiger partial charge >= 0.3 is 0 Å². The fourth-order valence-corrected chi connectivity index (χ4v) is 2.14. The largest absolute Gasteiger partial charge is 0.330 e. The molecule has 3 N–H and O–H groups in total. The number of aryl methyl sites for hydroxylation is 1. The number of hydrogen-bond donors (Lipinski definition) is 2. The van der Waals surface area contributed by atoms with Crippen molar-refractivity contribution in [1.82, 2.24) is 15.1 Å². The third kappa shape index (κ3) is 1.92. The molecule has 1 aromatic rings. The van der Waals surface area contributed by atoms with Crippen LogP contribution in [-0.2, 0) is 6.42 Å². The highest BCUT2D eigenvalue weighted by atomic mass is 15.3. The summed E-state index contributed by atoms with van der Waals surface area (Å²) in [7, 11) is 0. The second kappa shape index (κ2) is 4.33. The second-order valence-corrected chi connectivity index (χ2v) is 4.30. The molecule has 1 fully saturated rings. The summed E-state index contributed by atoms with van der Waals surface area (Å²) < 4.78 is 2.18. The predicted molar refractivity (Wildman–Crippen MR) is 61.0 cm³/mol. The Labute approximate surface area is 90.8 Å². The van der Waals surface area contributed by atoms with Crippen LogP contribution in [0.2, 0.25) is 0 Å². The molecule has 1 saturated heterocycles. The lowest BCUT2D eigenvalue weighted by Crippen LogP contribution is -2.44. The molecule has 1 aliphatic rings. The number of hydrogen-bond acceptors (Lipinski definition) is 3. The van der Waals surface area contributed by atoms with E-state index in [-0.39, 0.29) is 0 Å². The van der Waals surface area contributed by atoms with E-state index in [1.165, 1.54) is 17.0 Å². The molecular formula is C11H20N4. The normalized spacial score (nSPS) is 16.7. The molecule has 0 spiro atoms. The highest BCUT2D eigenvalue weighted by Gasteiger charge is 2.23. The Bertz CT molecular complexity index is 339. The molecule has 1 aromatic heterocycles. The molecule has 2 rings (SSSR count). The van der Waals surface area contributed by atoms with Crippen molar-refractivity contribution in [3.05, 3.63) is 17.0 Å². The summed E-state index contributed by atoms with van der Waals surface area (Å²) in [5, 5.41) is 7.90. The van der Waals surface area contributed by atoms with Gasteiger partial charge in [0.05, 0.1) is 11.7 Å². The van der Waals surface area contributed by atoms with E-state index < -0.39 is 0 Å². The second-order valence-electron chi connectivity index (χ2n) is 4.30. The van der Waals surface area contributed by atoms with Gasteiger partial charge < -0.3 is 11.1 Å². The average molecular weight is 208 g/mol. The molecule has 0 aromatic carbocycles. The lowest BCUT2D eigenvalue weighted by atomic mass is 10.1. The lowest BCUT2D eigenvalue weighted by molar-refractivity contribution is 0.312. The van der Waals surface area contributed by atoms with Crippen LogP contribution in [0.3, 0.4) is 0 Å². The van der Waals surface area contributed by atoms with Gasteiger partial charge in [0.2, 0.25) is 0 Å². The molecular weight excluding hydrogens is 188 g/mol. The van der Waals surface area contributed by atoms with Gasteiger partial charge in [0.25, 0.3) is 0 Å². The van der Waals surface area contributed by atoms with Crippen LogP contribution >= 0.6 is 0 Å². The van der Waals surface area contributed by atoms with E-state index in [1.807, 2.05) is 0 Å². The lowest BCUT2D eigenvalue weighted by Gasteiger charge is -2.28. The monoisotopic (exact) mass is 208 g/mol.